The number of carbonyl (C=O) groups is 1. The number of aromatic nitrogens is 3. The molecule has 1 fully saturated rings. The van der Waals surface area contributed by atoms with Crippen LogP contribution in [-0.2, 0) is 11.2 Å². The van der Waals surface area contributed by atoms with Gasteiger partial charge in [0.2, 0.25) is 17.6 Å². The Morgan fingerprint density at radius 2 is 2.21 bits per heavy atom. The van der Waals surface area contributed by atoms with Crippen LogP contribution < -0.4 is 4.74 Å². The molecule has 0 saturated carbocycles. The summed E-state index contributed by atoms with van der Waals surface area (Å²) in [5.74, 6) is 1.83. The van der Waals surface area contributed by atoms with E-state index in [0.29, 0.717) is 36.8 Å². The number of hydrogen-bond donors (Lipinski definition) is 0. The van der Waals surface area contributed by atoms with Crippen molar-refractivity contribution in [2.45, 2.75) is 31.7 Å². The molecule has 1 aliphatic heterocycles. The Labute approximate surface area is 163 Å². The lowest BCUT2D eigenvalue weighted by molar-refractivity contribution is -0.132. The molecule has 3 heterocycles. The summed E-state index contributed by atoms with van der Waals surface area (Å²) in [7, 11) is 1.64. The predicted molar refractivity (Wildman–Crippen MR) is 103 cm³/mol. The van der Waals surface area contributed by atoms with Gasteiger partial charge in [-0.05, 0) is 49.1 Å². The van der Waals surface area contributed by atoms with Gasteiger partial charge < -0.3 is 14.2 Å². The molecule has 1 atom stereocenters. The number of nitrogens with zero attached hydrogens (tertiary/aromatic N) is 4. The van der Waals surface area contributed by atoms with Gasteiger partial charge in [-0.15, -0.1) is 0 Å². The minimum Gasteiger partial charge on any atom is -0.497 e. The number of methoxy groups -OCH3 is 1. The average molecular weight is 378 g/mol. The van der Waals surface area contributed by atoms with E-state index in [1.807, 2.05) is 47.4 Å². The molecule has 0 bridgehead atoms. The van der Waals surface area contributed by atoms with Gasteiger partial charge >= 0.3 is 0 Å². The maximum Gasteiger partial charge on any atom is 0.249 e. The molecule has 3 aromatic rings. The molecule has 28 heavy (non-hydrogen) atoms. The van der Waals surface area contributed by atoms with Crippen molar-refractivity contribution in [3.05, 3.63) is 60.1 Å². The van der Waals surface area contributed by atoms with Gasteiger partial charge in [0.15, 0.2) is 0 Å². The van der Waals surface area contributed by atoms with Gasteiger partial charge in [-0.3, -0.25) is 9.78 Å². The van der Waals surface area contributed by atoms with Gasteiger partial charge in [-0.25, -0.2) is 0 Å². The average Bonchev–Trinajstić information content (AvgIpc) is 3.42. The van der Waals surface area contributed by atoms with Crippen molar-refractivity contribution in [1.82, 2.24) is 20.0 Å². The van der Waals surface area contributed by atoms with Gasteiger partial charge in [0, 0.05) is 19.2 Å². The number of ether oxygens (including phenoxy) is 1. The van der Waals surface area contributed by atoms with Gasteiger partial charge in [0.05, 0.1) is 7.11 Å². The van der Waals surface area contributed by atoms with Gasteiger partial charge in [-0.2, -0.15) is 4.98 Å². The zero-order valence-electron chi connectivity index (χ0n) is 15.7. The van der Waals surface area contributed by atoms with Crippen LogP contribution in [0.2, 0.25) is 0 Å². The Bertz CT molecular complexity index is 942. The Morgan fingerprint density at radius 3 is 3.04 bits per heavy atom. The van der Waals surface area contributed by atoms with Crippen molar-refractivity contribution in [3.63, 3.8) is 0 Å². The van der Waals surface area contributed by atoms with E-state index < -0.39 is 0 Å². The molecule has 2 aromatic heterocycles. The molecule has 1 aromatic carbocycles. The molecule has 0 radical (unpaired) electrons. The van der Waals surface area contributed by atoms with E-state index in [1.165, 1.54) is 0 Å². The van der Waals surface area contributed by atoms with Crippen LogP contribution in [0.4, 0.5) is 0 Å². The van der Waals surface area contributed by atoms with Crippen LogP contribution >= 0.6 is 0 Å². The summed E-state index contributed by atoms with van der Waals surface area (Å²) in [4.78, 5) is 23.4. The fourth-order valence-electron chi connectivity index (χ4n) is 3.51. The van der Waals surface area contributed by atoms with Gasteiger partial charge in [0.1, 0.15) is 17.5 Å². The summed E-state index contributed by atoms with van der Waals surface area (Å²) in [6, 6.07) is 13.2. The van der Waals surface area contributed by atoms with Gasteiger partial charge in [0.25, 0.3) is 0 Å². The van der Waals surface area contributed by atoms with Crippen LogP contribution in [0.1, 0.15) is 36.8 Å². The maximum atomic E-state index is 12.8. The van der Waals surface area contributed by atoms with E-state index in [9.17, 15) is 4.79 Å². The third-order valence-corrected chi connectivity index (χ3v) is 4.96. The summed E-state index contributed by atoms with van der Waals surface area (Å²) < 4.78 is 10.7. The third kappa shape index (κ3) is 3.88. The SMILES string of the molecule is COc1cccc(CCC(=O)N2CCC[C@@H]2c2nc(-c3ccccn3)no2)c1. The first-order valence-electron chi connectivity index (χ1n) is 9.42. The van der Waals surface area contributed by atoms with Crippen molar-refractivity contribution in [2.24, 2.45) is 0 Å². The van der Waals surface area contributed by atoms with Crippen LogP contribution in [0.3, 0.4) is 0 Å². The van der Waals surface area contributed by atoms with E-state index in [4.69, 9.17) is 9.26 Å². The smallest absolute Gasteiger partial charge is 0.249 e. The second-order valence-corrected chi connectivity index (χ2v) is 6.77. The molecule has 1 saturated heterocycles. The molecule has 0 aliphatic carbocycles. The molecule has 0 N–H and O–H groups in total. The summed E-state index contributed by atoms with van der Waals surface area (Å²) in [5, 5.41) is 4.04. The Kier molecular flexibility index (Phi) is 5.32. The molecule has 7 heteroatoms. The molecule has 7 nitrogen and oxygen atoms in total. The number of aryl methyl sites for hydroxylation is 1. The van der Waals surface area contributed by atoms with Crippen LogP contribution in [0.15, 0.2) is 53.2 Å². The standard InChI is InChI=1S/C21H22N4O3/c1-27-16-7-4-6-15(14-16)10-11-19(26)25-13-5-9-18(25)21-23-20(24-28-21)17-8-2-3-12-22-17/h2-4,6-8,12,14,18H,5,9-11,13H2,1H3/t18-/m1/s1. The highest BCUT2D eigenvalue weighted by Crippen LogP contribution is 2.32. The highest BCUT2D eigenvalue weighted by Gasteiger charge is 2.33. The summed E-state index contributed by atoms with van der Waals surface area (Å²) in [5.41, 5.74) is 1.74. The number of likely N-dealkylation sites (tertiary alicyclic amines) is 1. The first-order chi connectivity index (χ1) is 13.7. The quantitative estimate of drug-likeness (QED) is 0.654. The molecule has 4 rings (SSSR count). The summed E-state index contributed by atoms with van der Waals surface area (Å²) in [6.45, 7) is 0.711. The Balaban J connectivity index is 1.43. The van der Waals surface area contributed by atoms with Crippen molar-refractivity contribution >= 4 is 5.91 Å². The molecule has 0 unspecified atom stereocenters. The fourth-order valence-corrected chi connectivity index (χ4v) is 3.51. The first kappa shape index (κ1) is 18.2. The van der Waals surface area contributed by atoms with E-state index in [-0.39, 0.29) is 11.9 Å². The third-order valence-electron chi connectivity index (χ3n) is 4.96. The zero-order chi connectivity index (χ0) is 19.3. The Hall–Kier alpha value is -3.22. The van der Waals surface area contributed by atoms with Crippen LogP contribution in [-0.4, -0.2) is 39.6 Å². The second-order valence-electron chi connectivity index (χ2n) is 6.77. The van der Waals surface area contributed by atoms with Crippen molar-refractivity contribution in [3.8, 4) is 17.3 Å². The predicted octanol–water partition coefficient (Wildman–Crippen LogP) is 3.44. The number of rotatable bonds is 6. The molecular formula is C21H22N4O3. The monoisotopic (exact) mass is 378 g/mol. The molecule has 1 aliphatic rings. The lowest BCUT2D eigenvalue weighted by atomic mass is 10.1. The molecular weight excluding hydrogens is 356 g/mol. The molecule has 1 amide bonds. The molecule has 0 spiro atoms. The van der Waals surface area contributed by atoms with E-state index >= 15 is 0 Å². The highest BCUT2D eigenvalue weighted by molar-refractivity contribution is 5.77. The van der Waals surface area contributed by atoms with Crippen LogP contribution in [0.5, 0.6) is 5.75 Å². The minimum atomic E-state index is -0.164. The van der Waals surface area contributed by atoms with E-state index in [0.717, 1.165) is 24.2 Å². The fraction of sp³-hybridized carbons (Fsp3) is 0.333. The first-order valence-corrected chi connectivity index (χ1v) is 9.42. The normalized spacial score (nSPS) is 16.3. The van der Waals surface area contributed by atoms with Crippen LogP contribution in [0.25, 0.3) is 11.5 Å². The van der Waals surface area contributed by atoms with Crippen molar-refractivity contribution in [2.75, 3.05) is 13.7 Å². The number of benzene rings is 1. The lowest BCUT2D eigenvalue weighted by Gasteiger charge is -2.21. The maximum absolute atomic E-state index is 12.8. The number of amides is 1. The highest BCUT2D eigenvalue weighted by atomic mass is 16.5. The van der Waals surface area contributed by atoms with Crippen molar-refractivity contribution in [1.29, 1.82) is 0 Å². The largest absolute Gasteiger partial charge is 0.497 e. The van der Waals surface area contributed by atoms with E-state index in [1.54, 1.807) is 13.3 Å². The number of pyridine rings is 1. The Morgan fingerprint density at radius 1 is 1.29 bits per heavy atom. The van der Waals surface area contributed by atoms with Gasteiger partial charge in [-0.1, -0.05) is 23.4 Å². The van der Waals surface area contributed by atoms with Crippen molar-refractivity contribution < 1.29 is 14.1 Å². The minimum absolute atomic E-state index is 0.0999. The second kappa shape index (κ2) is 8.21. The van der Waals surface area contributed by atoms with E-state index in [2.05, 4.69) is 15.1 Å². The number of hydrogen-bond acceptors (Lipinski definition) is 6. The zero-order valence-corrected chi connectivity index (χ0v) is 15.7. The van der Waals surface area contributed by atoms with Crippen LogP contribution in [0, 0.1) is 0 Å². The topological polar surface area (TPSA) is 81.4 Å². The summed E-state index contributed by atoms with van der Waals surface area (Å²) in [6.07, 6.45) is 4.55. The lowest BCUT2D eigenvalue weighted by Crippen LogP contribution is -2.30. The molecule has 144 valence electrons. The number of carbonyl (C=O) groups excluding carboxylic acids is 1. The summed E-state index contributed by atoms with van der Waals surface area (Å²) >= 11 is 0.